The SMILES string of the molecule is Cc1nn(Cc2ccccc2)c(Cl)c1C(=O)NC(c1ccc2c(c1)OCCO2)C(C)C. The van der Waals surface area contributed by atoms with Crippen molar-refractivity contribution in [3.05, 3.63) is 76.1 Å². The molecule has 4 rings (SSSR count). The lowest BCUT2D eigenvalue weighted by molar-refractivity contribution is 0.0924. The number of ether oxygens (including phenoxy) is 2. The van der Waals surface area contributed by atoms with Gasteiger partial charge in [0.2, 0.25) is 0 Å². The summed E-state index contributed by atoms with van der Waals surface area (Å²) < 4.78 is 13.0. The average molecular weight is 440 g/mol. The third kappa shape index (κ3) is 4.54. The third-order valence-corrected chi connectivity index (χ3v) is 5.73. The monoisotopic (exact) mass is 439 g/mol. The molecule has 1 amide bonds. The van der Waals surface area contributed by atoms with E-state index in [1.807, 2.05) is 48.5 Å². The molecule has 162 valence electrons. The smallest absolute Gasteiger partial charge is 0.256 e. The van der Waals surface area contributed by atoms with Crippen molar-refractivity contribution in [2.45, 2.75) is 33.4 Å². The first-order valence-electron chi connectivity index (χ1n) is 10.4. The molecule has 0 saturated carbocycles. The van der Waals surface area contributed by atoms with Crippen molar-refractivity contribution >= 4 is 17.5 Å². The van der Waals surface area contributed by atoms with Gasteiger partial charge in [-0.15, -0.1) is 0 Å². The zero-order valence-corrected chi connectivity index (χ0v) is 18.6. The Labute approximate surface area is 187 Å². The van der Waals surface area contributed by atoms with Crippen LogP contribution in [-0.2, 0) is 6.54 Å². The number of nitrogens with zero attached hydrogens (tertiary/aromatic N) is 2. The second-order valence-electron chi connectivity index (χ2n) is 7.99. The van der Waals surface area contributed by atoms with Gasteiger partial charge in [0.25, 0.3) is 5.91 Å². The molecule has 2 aromatic carbocycles. The van der Waals surface area contributed by atoms with Gasteiger partial charge < -0.3 is 14.8 Å². The van der Waals surface area contributed by atoms with E-state index < -0.39 is 0 Å². The summed E-state index contributed by atoms with van der Waals surface area (Å²) >= 11 is 6.58. The van der Waals surface area contributed by atoms with Crippen LogP contribution >= 0.6 is 11.6 Å². The first-order chi connectivity index (χ1) is 14.9. The van der Waals surface area contributed by atoms with Crippen LogP contribution in [-0.4, -0.2) is 28.9 Å². The Kier molecular flexibility index (Phi) is 6.18. The third-order valence-electron chi connectivity index (χ3n) is 5.35. The predicted octanol–water partition coefficient (Wildman–Crippen LogP) is 4.79. The van der Waals surface area contributed by atoms with Gasteiger partial charge in [-0.1, -0.05) is 61.8 Å². The number of amides is 1. The first kappa shape index (κ1) is 21.2. The molecule has 31 heavy (non-hydrogen) atoms. The van der Waals surface area contributed by atoms with E-state index in [0.29, 0.717) is 41.9 Å². The molecule has 1 aromatic heterocycles. The highest BCUT2D eigenvalue weighted by molar-refractivity contribution is 6.33. The van der Waals surface area contributed by atoms with Crippen LogP contribution in [0.4, 0.5) is 0 Å². The Balaban J connectivity index is 1.57. The molecule has 1 atom stereocenters. The molecule has 1 aliphatic heterocycles. The fourth-order valence-corrected chi connectivity index (χ4v) is 4.09. The highest BCUT2D eigenvalue weighted by atomic mass is 35.5. The molecule has 3 aromatic rings. The predicted molar refractivity (Wildman–Crippen MR) is 120 cm³/mol. The number of aryl methyl sites for hydroxylation is 1. The van der Waals surface area contributed by atoms with Crippen LogP contribution < -0.4 is 14.8 Å². The Morgan fingerprint density at radius 1 is 1.13 bits per heavy atom. The molecule has 0 aliphatic carbocycles. The van der Waals surface area contributed by atoms with Gasteiger partial charge in [0.05, 0.1) is 23.8 Å². The number of hydrogen-bond acceptors (Lipinski definition) is 4. The van der Waals surface area contributed by atoms with Crippen LogP contribution in [0, 0.1) is 12.8 Å². The number of carbonyl (C=O) groups is 1. The average Bonchev–Trinajstić information content (AvgIpc) is 3.05. The minimum absolute atomic E-state index is 0.157. The van der Waals surface area contributed by atoms with Gasteiger partial charge in [-0.3, -0.25) is 4.79 Å². The van der Waals surface area contributed by atoms with Crippen molar-refractivity contribution < 1.29 is 14.3 Å². The second-order valence-corrected chi connectivity index (χ2v) is 8.35. The van der Waals surface area contributed by atoms with Gasteiger partial charge in [0, 0.05) is 0 Å². The van der Waals surface area contributed by atoms with E-state index in [9.17, 15) is 4.79 Å². The normalized spacial score (nSPS) is 13.8. The second kappa shape index (κ2) is 9.02. The Hall–Kier alpha value is -2.99. The summed E-state index contributed by atoms with van der Waals surface area (Å²) in [7, 11) is 0. The maximum absolute atomic E-state index is 13.2. The lowest BCUT2D eigenvalue weighted by Crippen LogP contribution is -2.32. The zero-order valence-electron chi connectivity index (χ0n) is 17.9. The van der Waals surface area contributed by atoms with Crippen LogP contribution in [0.1, 0.15) is 47.1 Å². The summed E-state index contributed by atoms with van der Waals surface area (Å²) in [6.07, 6.45) is 0. The van der Waals surface area contributed by atoms with Gasteiger partial charge in [-0.2, -0.15) is 5.10 Å². The van der Waals surface area contributed by atoms with Crippen molar-refractivity contribution in [1.82, 2.24) is 15.1 Å². The van der Waals surface area contributed by atoms with Gasteiger partial charge in [-0.25, -0.2) is 4.68 Å². The molecule has 0 saturated heterocycles. The zero-order chi connectivity index (χ0) is 22.0. The van der Waals surface area contributed by atoms with Crippen LogP contribution in [0.3, 0.4) is 0 Å². The van der Waals surface area contributed by atoms with E-state index in [2.05, 4.69) is 24.3 Å². The number of nitrogens with one attached hydrogen (secondary N) is 1. The van der Waals surface area contributed by atoms with Crippen molar-refractivity contribution in [3.63, 3.8) is 0 Å². The number of fused-ring (bicyclic) bond motifs is 1. The van der Waals surface area contributed by atoms with Crippen LogP contribution in [0.25, 0.3) is 0 Å². The van der Waals surface area contributed by atoms with E-state index >= 15 is 0 Å². The van der Waals surface area contributed by atoms with E-state index in [1.54, 1.807) is 11.6 Å². The number of hydrogen-bond donors (Lipinski definition) is 1. The number of carbonyl (C=O) groups excluding carboxylic acids is 1. The van der Waals surface area contributed by atoms with Gasteiger partial charge in [0.15, 0.2) is 11.5 Å². The molecule has 0 bridgehead atoms. The number of halogens is 1. The van der Waals surface area contributed by atoms with Crippen molar-refractivity contribution in [2.75, 3.05) is 13.2 Å². The standard InChI is InChI=1S/C24H26ClN3O3/c1-15(2)22(18-9-10-19-20(13-18)31-12-11-30-19)26-24(29)21-16(3)27-28(23(21)25)14-17-7-5-4-6-8-17/h4-10,13,15,22H,11-12,14H2,1-3H3,(H,26,29). The summed E-state index contributed by atoms with van der Waals surface area (Å²) in [4.78, 5) is 13.2. The summed E-state index contributed by atoms with van der Waals surface area (Å²) in [5.74, 6) is 1.35. The van der Waals surface area contributed by atoms with Crippen LogP contribution in [0.15, 0.2) is 48.5 Å². The fraction of sp³-hybridized carbons (Fsp3) is 0.333. The Morgan fingerprint density at radius 3 is 2.55 bits per heavy atom. The topological polar surface area (TPSA) is 65.4 Å². The van der Waals surface area contributed by atoms with E-state index in [4.69, 9.17) is 21.1 Å². The van der Waals surface area contributed by atoms with Gasteiger partial charge in [-0.05, 0) is 36.1 Å². The molecule has 0 fully saturated rings. The van der Waals surface area contributed by atoms with Gasteiger partial charge in [0.1, 0.15) is 18.4 Å². The highest BCUT2D eigenvalue weighted by Crippen LogP contribution is 2.34. The number of aromatic nitrogens is 2. The number of rotatable bonds is 6. The highest BCUT2D eigenvalue weighted by Gasteiger charge is 2.26. The molecule has 1 aliphatic rings. The summed E-state index contributed by atoms with van der Waals surface area (Å²) in [6.45, 7) is 7.50. The maximum Gasteiger partial charge on any atom is 0.256 e. The summed E-state index contributed by atoms with van der Waals surface area (Å²) in [6, 6.07) is 15.5. The van der Waals surface area contributed by atoms with Crippen LogP contribution in [0.2, 0.25) is 5.15 Å². The summed E-state index contributed by atoms with van der Waals surface area (Å²) in [5, 5.41) is 7.97. The lowest BCUT2D eigenvalue weighted by atomic mass is 9.95. The Bertz CT molecular complexity index is 1080. The molecule has 7 heteroatoms. The van der Waals surface area contributed by atoms with E-state index in [-0.39, 0.29) is 17.9 Å². The maximum atomic E-state index is 13.2. The van der Waals surface area contributed by atoms with Crippen molar-refractivity contribution in [3.8, 4) is 11.5 Å². The molecule has 1 N–H and O–H groups in total. The molecular formula is C24H26ClN3O3. The molecule has 6 nitrogen and oxygen atoms in total. The van der Waals surface area contributed by atoms with E-state index in [0.717, 1.165) is 16.9 Å². The molecular weight excluding hydrogens is 414 g/mol. The fourth-order valence-electron chi connectivity index (χ4n) is 3.77. The minimum atomic E-state index is -0.240. The lowest BCUT2D eigenvalue weighted by Gasteiger charge is -2.25. The van der Waals surface area contributed by atoms with Gasteiger partial charge >= 0.3 is 0 Å². The van der Waals surface area contributed by atoms with Crippen molar-refractivity contribution in [2.24, 2.45) is 5.92 Å². The quantitative estimate of drug-likeness (QED) is 0.599. The van der Waals surface area contributed by atoms with Crippen molar-refractivity contribution in [1.29, 1.82) is 0 Å². The summed E-state index contributed by atoms with van der Waals surface area (Å²) in [5.41, 5.74) is 3.03. The molecule has 1 unspecified atom stereocenters. The number of benzene rings is 2. The molecule has 2 heterocycles. The van der Waals surface area contributed by atoms with E-state index in [1.165, 1.54) is 0 Å². The van der Waals surface area contributed by atoms with Crippen LogP contribution in [0.5, 0.6) is 11.5 Å². The molecule has 0 radical (unpaired) electrons. The first-order valence-corrected chi connectivity index (χ1v) is 10.8. The Morgan fingerprint density at radius 2 is 1.84 bits per heavy atom. The minimum Gasteiger partial charge on any atom is -0.486 e. The molecule has 0 spiro atoms. The largest absolute Gasteiger partial charge is 0.486 e.